The monoisotopic (exact) mass is 328 g/mol. The van der Waals surface area contributed by atoms with Gasteiger partial charge in [0.1, 0.15) is 0 Å². The largest absolute Gasteiger partial charge is 0.286 e. The van der Waals surface area contributed by atoms with Crippen LogP contribution in [0.15, 0.2) is 0 Å². The molecule has 1 amide bonds. The zero-order valence-electron chi connectivity index (χ0n) is 14.6. The van der Waals surface area contributed by atoms with Crippen molar-refractivity contribution in [3.05, 3.63) is 17.0 Å². The highest BCUT2D eigenvalue weighted by molar-refractivity contribution is 5.94. The fraction of sp³-hybridized carbons (Fsp3) is 0.789. The quantitative estimate of drug-likeness (QED) is 0.877. The second-order valence-electron chi connectivity index (χ2n) is 8.95. The van der Waals surface area contributed by atoms with Crippen molar-refractivity contribution in [2.45, 2.75) is 69.6 Å². The van der Waals surface area contributed by atoms with Gasteiger partial charge < -0.3 is 0 Å². The summed E-state index contributed by atoms with van der Waals surface area (Å²) in [5.74, 6) is 2.21. The molecule has 5 nitrogen and oxygen atoms in total. The molecule has 3 fully saturated rings. The Kier molecular flexibility index (Phi) is 3.31. The number of nitrogens with one attached hydrogen (secondary N) is 2. The molecule has 24 heavy (non-hydrogen) atoms. The summed E-state index contributed by atoms with van der Waals surface area (Å²) in [5, 5.41) is 9.90. The molecule has 2 atom stereocenters. The summed E-state index contributed by atoms with van der Waals surface area (Å²) < 4.78 is 0. The molecule has 2 heterocycles. The summed E-state index contributed by atoms with van der Waals surface area (Å²) in [6, 6.07) is 0. The first-order valence-electron chi connectivity index (χ1n) is 9.77. The molecule has 2 saturated carbocycles. The molecule has 1 saturated heterocycles. The fourth-order valence-corrected chi connectivity index (χ4v) is 6.28. The minimum absolute atomic E-state index is 0.000719. The molecule has 0 aromatic carbocycles. The van der Waals surface area contributed by atoms with Crippen LogP contribution in [0.4, 0.5) is 0 Å². The van der Waals surface area contributed by atoms with Gasteiger partial charge in [-0.25, -0.2) is 5.01 Å². The van der Waals surface area contributed by atoms with Crippen LogP contribution in [0.25, 0.3) is 0 Å². The van der Waals surface area contributed by atoms with Crippen LogP contribution < -0.4 is 5.43 Å². The normalized spacial score (nSPS) is 38.0. The maximum Gasteiger partial charge on any atom is 0.286 e. The Morgan fingerprint density at radius 1 is 1.17 bits per heavy atom. The summed E-state index contributed by atoms with van der Waals surface area (Å²) >= 11 is 0. The van der Waals surface area contributed by atoms with Gasteiger partial charge in [0.25, 0.3) is 5.91 Å². The number of rotatable bonds is 2. The van der Waals surface area contributed by atoms with E-state index in [1.165, 1.54) is 62.6 Å². The van der Waals surface area contributed by atoms with E-state index in [0.29, 0.717) is 11.6 Å². The van der Waals surface area contributed by atoms with Crippen molar-refractivity contribution in [3.8, 4) is 0 Å². The lowest BCUT2D eigenvalue weighted by atomic mass is 9.62. The molecular weight excluding hydrogens is 300 g/mol. The lowest BCUT2D eigenvalue weighted by Crippen LogP contribution is -2.45. The lowest BCUT2D eigenvalue weighted by molar-refractivity contribution is 0.0741. The Balaban J connectivity index is 1.48. The molecule has 5 heteroatoms. The van der Waals surface area contributed by atoms with Crippen molar-refractivity contribution in [2.75, 3.05) is 13.1 Å². The first-order chi connectivity index (χ1) is 11.6. The zero-order valence-corrected chi connectivity index (χ0v) is 14.6. The summed E-state index contributed by atoms with van der Waals surface area (Å²) in [4.78, 5) is 12.9. The molecule has 1 aromatic rings. The topological polar surface area (TPSA) is 61.0 Å². The highest BCUT2D eigenvalue weighted by Gasteiger charge is 2.50. The van der Waals surface area contributed by atoms with Gasteiger partial charge in [0.15, 0.2) is 5.69 Å². The van der Waals surface area contributed by atoms with E-state index in [0.717, 1.165) is 24.9 Å². The van der Waals surface area contributed by atoms with Crippen molar-refractivity contribution in [2.24, 2.45) is 11.8 Å². The Morgan fingerprint density at radius 2 is 1.88 bits per heavy atom. The van der Waals surface area contributed by atoms with Gasteiger partial charge in [0.05, 0.1) is 0 Å². The van der Waals surface area contributed by atoms with Gasteiger partial charge in [0, 0.05) is 29.8 Å². The maximum absolute atomic E-state index is 12.9. The molecule has 130 valence electrons. The van der Waals surface area contributed by atoms with Crippen molar-refractivity contribution >= 4 is 5.91 Å². The Labute approximate surface area is 143 Å². The van der Waals surface area contributed by atoms with Gasteiger partial charge in [-0.2, -0.15) is 5.10 Å². The molecule has 2 N–H and O–H groups in total. The van der Waals surface area contributed by atoms with Gasteiger partial charge in [-0.15, -0.1) is 0 Å². The molecule has 4 bridgehead atoms. The number of carbonyl (C=O) groups excluding carboxylic acids is 1. The van der Waals surface area contributed by atoms with Crippen molar-refractivity contribution in [3.63, 3.8) is 0 Å². The first-order valence-corrected chi connectivity index (χ1v) is 9.77. The lowest BCUT2D eigenvalue weighted by Gasteiger charge is -2.43. The zero-order chi connectivity index (χ0) is 16.3. The van der Waals surface area contributed by atoms with E-state index in [-0.39, 0.29) is 11.3 Å². The van der Waals surface area contributed by atoms with Gasteiger partial charge in [-0.3, -0.25) is 15.3 Å². The van der Waals surface area contributed by atoms with Gasteiger partial charge >= 0.3 is 0 Å². The molecule has 1 aromatic heterocycles. The molecule has 6 rings (SSSR count). The Bertz CT molecular complexity index is 646. The molecule has 4 aliphatic carbocycles. The number of H-pyrrole nitrogens is 1. The smallest absolute Gasteiger partial charge is 0.283 e. The van der Waals surface area contributed by atoms with Crippen LogP contribution >= 0.6 is 0 Å². The third-order valence-electron chi connectivity index (χ3n) is 7.03. The van der Waals surface area contributed by atoms with Crippen LogP contribution in [-0.2, 0) is 5.41 Å². The number of nitrogens with zero attached hydrogens (tertiary/aromatic N) is 2. The van der Waals surface area contributed by atoms with E-state index in [4.69, 9.17) is 0 Å². The number of aromatic amines is 1. The number of hydrogen-bond donors (Lipinski definition) is 2. The SMILES string of the molecule is CC12CC3CC(CC(C3)c3c(C(=O)NN4CCCCC4)n[nH]c31)C2. The molecule has 0 spiro atoms. The van der Waals surface area contributed by atoms with E-state index in [1.807, 2.05) is 0 Å². The van der Waals surface area contributed by atoms with Crippen molar-refractivity contribution < 1.29 is 4.79 Å². The van der Waals surface area contributed by atoms with Gasteiger partial charge in [0.2, 0.25) is 0 Å². The predicted octanol–water partition coefficient (Wildman–Crippen LogP) is 3.11. The van der Waals surface area contributed by atoms with Crippen LogP contribution in [0.5, 0.6) is 0 Å². The average Bonchev–Trinajstić information content (AvgIpc) is 2.95. The average molecular weight is 328 g/mol. The van der Waals surface area contributed by atoms with Crippen molar-refractivity contribution in [1.82, 2.24) is 20.6 Å². The first kappa shape index (κ1) is 14.9. The Hall–Kier alpha value is -1.36. The molecule has 2 unspecified atom stereocenters. The number of amides is 1. The maximum atomic E-state index is 12.9. The second-order valence-corrected chi connectivity index (χ2v) is 8.95. The number of aromatic nitrogens is 2. The van der Waals surface area contributed by atoms with Crippen LogP contribution in [-0.4, -0.2) is 34.2 Å². The standard InChI is InChI=1S/C19H28N4O/c1-19-10-12-7-13(11-19)9-14(8-12)15-16(20-21-17(15)19)18(24)22-23-5-3-2-4-6-23/h12-14H,2-11H2,1H3,(H,20,21)(H,22,24). The fourth-order valence-electron chi connectivity index (χ4n) is 6.28. The van der Waals surface area contributed by atoms with Crippen LogP contribution in [0, 0.1) is 11.8 Å². The predicted molar refractivity (Wildman–Crippen MR) is 91.6 cm³/mol. The molecule has 5 aliphatic rings. The summed E-state index contributed by atoms with van der Waals surface area (Å²) in [6.07, 6.45) is 10.1. The highest BCUT2D eigenvalue weighted by atomic mass is 16.2. The number of carbonyl (C=O) groups is 1. The van der Waals surface area contributed by atoms with E-state index >= 15 is 0 Å². The van der Waals surface area contributed by atoms with Gasteiger partial charge in [-0.1, -0.05) is 13.3 Å². The third-order valence-corrected chi connectivity index (χ3v) is 7.03. The van der Waals surface area contributed by atoms with Crippen LogP contribution in [0.2, 0.25) is 0 Å². The minimum Gasteiger partial charge on any atom is -0.283 e. The number of piperidine rings is 1. The Morgan fingerprint density at radius 3 is 2.58 bits per heavy atom. The van der Waals surface area contributed by atoms with E-state index in [9.17, 15) is 4.79 Å². The number of hydrogen-bond acceptors (Lipinski definition) is 3. The summed E-state index contributed by atoms with van der Waals surface area (Å²) in [5.41, 5.74) is 6.53. The molecule has 0 radical (unpaired) electrons. The van der Waals surface area contributed by atoms with E-state index in [2.05, 4.69) is 27.6 Å². The summed E-state index contributed by atoms with van der Waals surface area (Å²) in [7, 11) is 0. The van der Waals surface area contributed by atoms with Crippen LogP contribution in [0.3, 0.4) is 0 Å². The van der Waals surface area contributed by atoms with Crippen LogP contribution in [0.1, 0.15) is 86.0 Å². The van der Waals surface area contributed by atoms with Gasteiger partial charge in [-0.05, 0) is 62.7 Å². The molecular formula is C19H28N4O. The number of hydrazine groups is 1. The van der Waals surface area contributed by atoms with E-state index < -0.39 is 0 Å². The molecule has 1 aliphatic heterocycles. The minimum atomic E-state index is -0.000719. The third kappa shape index (κ3) is 2.24. The highest BCUT2D eigenvalue weighted by Crippen LogP contribution is 2.58. The van der Waals surface area contributed by atoms with Crippen molar-refractivity contribution in [1.29, 1.82) is 0 Å². The summed E-state index contributed by atoms with van der Waals surface area (Å²) in [6.45, 7) is 4.32. The van der Waals surface area contributed by atoms with E-state index in [1.54, 1.807) is 0 Å². The second kappa shape index (κ2) is 5.32.